The topological polar surface area (TPSA) is 36.4 Å². The lowest BCUT2D eigenvalue weighted by atomic mass is 9.98. The summed E-state index contributed by atoms with van der Waals surface area (Å²) in [6.45, 7) is 11.0. The molecule has 1 aromatic rings. The van der Waals surface area contributed by atoms with E-state index in [1.807, 2.05) is 0 Å². The lowest BCUT2D eigenvalue weighted by Crippen LogP contribution is -2.34. The largest absolute Gasteiger partial charge is 0.395 e. The summed E-state index contributed by atoms with van der Waals surface area (Å²) in [5.74, 6) is 0.593. The van der Waals surface area contributed by atoms with Crippen LogP contribution in [-0.2, 0) is 12.0 Å². The highest BCUT2D eigenvalue weighted by atomic mass is 32.1. The molecule has 102 valence electrons. The third-order valence-corrected chi connectivity index (χ3v) is 5.06. The van der Waals surface area contributed by atoms with Crippen molar-refractivity contribution in [3.8, 4) is 0 Å². The molecule has 2 unspecified atom stereocenters. The quantitative estimate of drug-likeness (QED) is 0.915. The number of aliphatic hydroxyl groups excluding tert-OH is 1. The Balaban J connectivity index is 2.04. The van der Waals surface area contributed by atoms with Gasteiger partial charge in [0.1, 0.15) is 0 Å². The molecule has 18 heavy (non-hydrogen) atoms. The fraction of sp³-hybridized carbons (Fsp3) is 0.786. The van der Waals surface area contributed by atoms with Crippen LogP contribution in [0, 0.1) is 5.92 Å². The Morgan fingerprint density at radius 3 is 2.78 bits per heavy atom. The van der Waals surface area contributed by atoms with Crippen molar-refractivity contribution in [3.05, 3.63) is 16.1 Å². The molecule has 1 aliphatic heterocycles. The van der Waals surface area contributed by atoms with E-state index in [9.17, 15) is 5.11 Å². The molecule has 1 aromatic heterocycles. The third kappa shape index (κ3) is 2.92. The molecular weight excluding hydrogens is 244 g/mol. The van der Waals surface area contributed by atoms with E-state index in [0.29, 0.717) is 12.0 Å². The standard InChI is InChI=1S/C14H24N2OS/c1-10-5-6-16(12(10)8-17)7-11-9-18-13(15-11)14(2,3)4/h9-10,12,17H,5-8H2,1-4H3. The van der Waals surface area contributed by atoms with Crippen LogP contribution in [0.25, 0.3) is 0 Å². The van der Waals surface area contributed by atoms with Crippen molar-refractivity contribution in [1.82, 2.24) is 9.88 Å². The van der Waals surface area contributed by atoms with Gasteiger partial charge in [-0.05, 0) is 18.9 Å². The molecule has 1 saturated heterocycles. The Bertz CT molecular complexity index is 397. The van der Waals surface area contributed by atoms with E-state index in [1.165, 1.54) is 11.4 Å². The smallest absolute Gasteiger partial charge is 0.0982 e. The predicted octanol–water partition coefficient (Wildman–Crippen LogP) is 2.64. The highest BCUT2D eigenvalue weighted by molar-refractivity contribution is 7.09. The van der Waals surface area contributed by atoms with Crippen LogP contribution >= 0.6 is 11.3 Å². The van der Waals surface area contributed by atoms with Crippen LogP contribution in [0.3, 0.4) is 0 Å². The summed E-state index contributed by atoms with van der Waals surface area (Å²) in [7, 11) is 0. The first-order valence-electron chi connectivity index (χ1n) is 6.71. The minimum Gasteiger partial charge on any atom is -0.395 e. The molecule has 2 atom stereocenters. The maximum atomic E-state index is 9.46. The Kier molecular flexibility index (Phi) is 4.09. The average Bonchev–Trinajstić information content (AvgIpc) is 2.86. The molecule has 1 aliphatic rings. The van der Waals surface area contributed by atoms with Crippen LogP contribution in [0.1, 0.15) is 44.8 Å². The van der Waals surface area contributed by atoms with Crippen LogP contribution in [0.4, 0.5) is 0 Å². The van der Waals surface area contributed by atoms with Gasteiger partial charge in [-0.25, -0.2) is 4.98 Å². The summed E-state index contributed by atoms with van der Waals surface area (Å²) in [4.78, 5) is 7.10. The molecule has 2 heterocycles. The van der Waals surface area contributed by atoms with Gasteiger partial charge >= 0.3 is 0 Å². The molecule has 0 saturated carbocycles. The van der Waals surface area contributed by atoms with Crippen LogP contribution in [0.2, 0.25) is 0 Å². The maximum absolute atomic E-state index is 9.46. The monoisotopic (exact) mass is 268 g/mol. The first kappa shape index (κ1) is 14.0. The van der Waals surface area contributed by atoms with Crippen LogP contribution in [0.5, 0.6) is 0 Å². The number of thiazole rings is 1. The van der Waals surface area contributed by atoms with Crippen molar-refractivity contribution in [2.45, 2.75) is 52.1 Å². The Morgan fingerprint density at radius 2 is 2.22 bits per heavy atom. The Labute approximate surface area is 114 Å². The van der Waals surface area contributed by atoms with Crippen LogP contribution in [0.15, 0.2) is 5.38 Å². The van der Waals surface area contributed by atoms with Gasteiger partial charge in [0.25, 0.3) is 0 Å². The molecule has 2 rings (SSSR count). The molecule has 0 bridgehead atoms. The molecule has 3 nitrogen and oxygen atoms in total. The van der Waals surface area contributed by atoms with Gasteiger partial charge in [-0.3, -0.25) is 4.90 Å². The number of nitrogens with zero attached hydrogens (tertiary/aromatic N) is 2. The normalized spacial score (nSPS) is 25.8. The highest BCUT2D eigenvalue weighted by Gasteiger charge is 2.31. The fourth-order valence-electron chi connectivity index (χ4n) is 2.51. The second kappa shape index (κ2) is 5.27. The first-order valence-corrected chi connectivity index (χ1v) is 7.59. The summed E-state index contributed by atoms with van der Waals surface area (Å²) in [6.07, 6.45) is 1.18. The molecule has 0 aromatic carbocycles. The molecule has 0 radical (unpaired) electrons. The summed E-state index contributed by atoms with van der Waals surface area (Å²) in [5, 5.41) is 12.8. The van der Waals surface area contributed by atoms with E-state index in [1.54, 1.807) is 11.3 Å². The van der Waals surface area contributed by atoms with E-state index >= 15 is 0 Å². The minimum absolute atomic E-state index is 0.137. The zero-order valence-corrected chi connectivity index (χ0v) is 12.6. The number of aromatic nitrogens is 1. The van der Waals surface area contributed by atoms with Crippen molar-refractivity contribution in [1.29, 1.82) is 0 Å². The highest BCUT2D eigenvalue weighted by Crippen LogP contribution is 2.28. The molecule has 0 amide bonds. The van der Waals surface area contributed by atoms with Gasteiger partial charge in [-0.2, -0.15) is 0 Å². The first-order chi connectivity index (χ1) is 8.41. The van der Waals surface area contributed by atoms with Gasteiger partial charge in [-0.1, -0.05) is 27.7 Å². The lowest BCUT2D eigenvalue weighted by molar-refractivity contribution is 0.133. The second-order valence-corrected chi connectivity index (χ2v) is 7.24. The van der Waals surface area contributed by atoms with Crippen molar-refractivity contribution < 1.29 is 5.11 Å². The average molecular weight is 268 g/mol. The molecule has 1 N–H and O–H groups in total. The van der Waals surface area contributed by atoms with E-state index in [4.69, 9.17) is 4.98 Å². The zero-order chi connectivity index (χ0) is 13.3. The van der Waals surface area contributed by atoms with E-state index in [-0.39, 0.29) is 12.0 Å². The number of hydrogen-bond donors (Lipinski definition) is 1. The molecule has 0 spiro atoms. The van der Waals surface area contributed by atoms with Gasteiger partial charge in [-0.15, -0.1) is 11.3 Å². The number of likely N-dealkylation sites (tertiary alicyclic amines) is 1. The van der Waals surface area contributed by atoms with Crippen molar-refractivity contribution in [2.24, 2.45) is 5.92 Å². The van der Waals surface area contributed by atoms with Gasteiger partial charge in [0, 0.05) is 23.4 Å². The van der Waals surface area contributed by atoms with Gasteiger partial charge in [0.05, 0.1) is 17.3 Å². The van der Waals surface area contributed by atoms with Crippen molar-refractivity contribution >= 4 is 11.3 Å². The van der Waals surface area contributed by atoms with Gasteiger partial charge < -0.3 is 5.11 Å². The zero-order valence-electron chi connectivity index (χ0n) is 11.8. The SMILES string of the molecule is CC1CCN(Cc2csc(C(C)(C)C)n2)C1CO. The minimum atomic E-state index is 0.137. The fourth-order valence-corrected chi connectivity index (χ4v) is 3.41. The van der Waals surface area contributed by atoms with Gasteiger partial charge in [0.2, 0.25) is 0 Å². The van der Waals surface area contributed by atoms with E-state index in [2.05, 4.69) is 38.0 Å². The van der Waals surface area contributed by atoms with E-state index < -0.39 is 0 Å². The second-order valence-electron chi connectivity index (χ2n) is 6.38. The van der Waals surface area contributed by atoms with Crippen LogP contribution < -0.4 is 0 Å². The maximum Gasteiger partial charge on any atom is 0.0982 e. The number of hydrogen-bond acceptors (Lipinski definition) is 4. The number of aliphatic hydroxyl groups is 1. The van der Waals surface area contributed by atoms with Crippen LogP contribution in [-0.4, -0.2) is 34.2 Å². The molecule has 4 heteroatoms. The predicted molar refractivity (Wildman–Crippen MR) is 75.9 cm³/mol. The molecule has 1 fully saturated rings. The lowest BCUT2D eigenvalue weighted by Gasteiger charge is -2.24. The summed E-state index contributed by atoms with van der Waals surface area (Å²) in [5.41, 5.74) is 1.29. The summed E-state index contributed by atoms with van der Waals surface area (Å²) >= 11 is 1.75. The summed E-state index contributed by atoms with van der Waals surface area (Å²) < 4.78 is 0. The molecule has 0 aliphatic carbocycles. The number of rotatable bonds is 3. The third-order valence-electron chi connectivity index (χ3n) is 3.74. The van der Waals surface area contributed by atoms with Gasteiger partial charge in [0.15, 0.2) is 0 Å². The Morgan fingerprint density at radius 1 is 1.50 bits per heavy atom. The molecular formula is C14H24N2OS. The van der Waals surface area contributed by atoms with Crippen molar-refractivity contribution in [3.63, 3.8) is 0 Å². The Hall–Kier alpha value is -0.450. The van der Waals surface area contributed by atoms with Crippen molar-refractivity contribution in [2.75, 3.05) is 13.2 Å². The van der Waals surface area contributed by atoms with E-state index in [0.717, 1.165) is 18.8 Å². The summed E-state index contributed by atoms with van der Waals surface area (Å²) in [6, 6.07) is 0.310.